The summed E-state index contributed by atoms with van der Waals surface area (Å²) in [4.78, 5) is 11.4. The highest BCUT2D eigenvalue weighted by Gasteiger charge is 2.39. The van der Waals surface area contributed by atoms with Gasteiger partial charge in [0.1, 0.15) is 0 Å². The molecule has 0 amide bonds. The average molecular weight is 440 g/mol. The summed E-state index contributed by atoms with van der Waals surface area (Å²) in [6, 6.07) is 7.45. The third-order valence-electron chi connectivity index (χ3n) is 2.16. The summed E-state index contributed by atoms with van der Waals surface area (Å²) in [6.07, 6.45) is -1.64. The van der Waals surface area contributed by atoms with Crippen LogP contribution in [0.1, 0.15) is 6.42 Å². The number of sulfonamides is 1. The van der Waals surface area contributed by atoms with Crippen LogP contribution in [-0.2, 0) is 19.6 Å². The molecule has 0 saturated heterocycles. The molecule has 1 N–H and O–H groups in total. The van der Waals surface area contributed by atoms with Crippen LogP contribution in [0.15, 0.2) is 35.2 Å². The number of benzene rings is 1. The number of ether oxygens (including phenoxy) is 1. The van der Waals surface area contributed by atoms with Crippen LogP contribution < -0.4 is 4.72 Å². The Labute approximate surface area is 146 Å². The summed E-state index contributed by atoms with van der Waals surface area (Å²) in [7, 11) is -4.00. The molecule has 118 valence electrons. The molecule has 0 fully saturated rings. The molecule has 0 saturated carbocycles. The SMILES string of the molecule is O=C(CCBr)OC(NS(=O)(=O)c1ccccc1)C(Cl)(Cl)Cl. The molecule has 10 heteroatoms. The zero-order valence-corrected chi connectivity index (χ0v) is 15.1. The normalized spacial score (nSPS) is 13.7. The monoisotopic (exact) mass is 437 g/mol. The van der Waals surface area contributed by atoms with Gasteiger partial charge in [0.05, 0.1) is 11.3 Å². The summed E-state index contributed by atoms with van der Waals surface area (Å²) in [5, 5.41) is 0.337. The van der Waals surface area contributed by atoms with Gasteiger partial charge in [-0.1, -0.05) is 68.9 Å². The van der Waals surface area contributed by atoms with Gasteiger partial charge in [0.15, 0.2) is 0 Å². The van der Waals surface area contributed by atoms with Crippen molar-refractivity contribution in [1.82, 2.24) is 4.72 Å². The molecular weight excluding hydrogens is 428 g/mol. The van der Waals surface area contributed by atoms with E-state index < -0.39 is 26.0 Å². The summed E-state index contributed by atoms with van der Waals surface area (Å²) in [6.45, 7) is 0. The van der Waals surface area contributed by atoms with E-state index in [9.17, 15) is 13.2 Å². The molecule has 0 aromatic heterocycles. The van der Waals surface area contributed by atoms with Crippen LogP contribution in [0.2, 0.25) is 0 Å². The van der Waals surface area contributed by atoms with Crippen LogP contribution in [0.25, 0.3) is 0 Å². The zero-order chi connectivity index (χ0) is 16.1. The molecule has 5 nitrogen and oxygen atoms in total. The molecule has 0 bridgehead atoms. The lowest BCUT2D eigenvalue weighted by molar-refractivity contribution is -0.148. The van der Waals surface area contributed by atoms with Crippen molar-refractivity contribution in [2.24, 2.45) is 0 Å². The fraction of sp³-hybridized carbons (Fsp3) is 0.364. The minimum Gasteiger partial charge on any atom is -0.441 e. The minimum absolute atomic E-state index is 0.00428. The summed E-state index contributed by atoms with van der Waals surface area (Å²) < 4.78 is 29.0. The molecule has 0 aliphatic rings. The lowest BCUT2D eigenvalue weighted by Gasteiger charge is -2.25. The van der Waals surface area contributed by atoms with Crippen molar-refractivity contribution in [3.05, 3.63) is 30.3 Å². The third kappa shape index (κ3) is 6.30. The molecule has 0 radical (unpaired) electrons. The number of hydrogen-bond acceptors (Lipinski definition) is 4. The number of nitrogens with one attached hydrogen (secondary N) is 1. The van der Waals surface area contributed by atoms with Crippen LogP contribution in [0.4, 0.5) is 0 Å². The van der Waals surface area contributed by atoms with Gasteiger partial charge in [-0.2, -0.15) is 4.72 Å². The largest absolute Gasteiger partial charge is 0.441 e. The van der Waals surface area contributed by atoms with Gasteiger partial charge in [-0.15, -0.1) is 0 Å². The smallest absolute Gasteiger partial charge is 0.308 e. The fourth-order valence-corrected chi connectivity index (χ4v) is 3.21. The second kappa shape index (κ2) is 7.99. The van der Waals surface area contributed by atoms with Gasteiger partial charge in [0, 0.05) is 5.33 Å². The Bertz CT molecular complexity index is 577. The standard InChI is InChI=1S/C11H11BrCl3NO4S/c12-7-6-9(17)20-10(11(13,14)15)16-21(18,19)8-4-2-1-3-5-8/h1-5,10,16H,6-7H2. The number of halogens is 4. The fourth-order valence-electron chi connectivity index (χ4n) is 1.23. The number of hydrogen-bond donors (Lipinski definition) is 1. The first-order valence-electron chi connectivity index (χ1n) is 5.56. The molecule has 1 atom stereocenters. The van der Waals surface area contributed by atoms with E-state index in [0.717, 1.165) is 0 Å². The van der Waals surface area contributed by atoms with Crippen molar-refractivity contribution in [1.29, 1.82) is 0 Å². The van der Waals surface area contributed by atoms with Crippen molar-refractivity contribution in [2.45, 2.75) is 21.3 Å². The van der Waals surface area contributed by atoms with E-state index >= 15 is 0 Å². The van der Waals surface area contributed by atoms with Gasteiger partial charge in [-0.05, 0) is 12.1 Å². The second-order valence-corrected chi connectivity index (χ2v) is 8.66. The Kier molecular flexibility index (Phi) is 7.23. The van der Waals surface area contributed by atoms with E-state index in [1.165, 1.54) is 24.3 Å². The quantitative estimate of drug-likeness (QED) is 0.420. The molecule has 0 aliphatic heterocycles. The summed E-state index contributed by atoms with van der Waals surface area (Å²) in [5.41, 5.74) is 0. The molecule has 0 aliphatic carbocycles. The van der Waals surface area contributed by atoms with Gasteiger partial charge in [-0.3, -0.25) is 4.79 Å². The van der Waals surface area contributed by atoms with Gasteiger partial charge >= 0.3 is 5.97 Å². The number of carbonyl (C=O) groups excluding carboxylic acids is 1. The second-order valence-electron chi connectivity index (χ2n) is 3.78. The lowest BCUT2D eigenvalue weighted by atomic mass is 10.4. The molecule has 0 spiro atoms. The van der Waals surface area contributed by atoms with E-state index in [0.29, 0.717) is 5.33 Å². The lowest BCUT2D eigenvalue weighted by Crippen LogP contribution is -2.46. The molecule has 21 heavy (non-hydrogen) atoms. The minimum atomic E-state index is -4.00. The van der Waals surface area contributed by atoms with Crippen molar-refractivity contribution in [2.75, 3.05) is 5.33 Å². The summed E-state index contributed by atoms with van der Waals surface area (Å²) >= 11 is 20.0. The van der Waals surface area contributed by atoms with E-state index in [-0.39, 0.29) is 11.3 Å². The third-order valence-corrected chi connectivity index (χ3v) is 4.57. The maximum atomic E-state index is 12.1. The number of esters is 1. The first-order valence-corrected chi connectivity index (χ1v) is 9.30. The van der Waals surface area contributed by atoms with E-state index in [1.54, 1.807) is 6.07 Å². The zero-order valence-electron chi connectivity index (χ0n) is 10.4. The molecule has 1 rings (SSSR count). The van der Waals surface area contributed by atoms with Crippen LogP contribution in [0.5, 0.6) is 0 Å². The van der Waals surface area contributed by atoms with Gasteiger partial charge in [0.25, 0.3) is 0 Å². The van der Waals surface area contributed by atoms with Crippen LogP contribution >= 0.6 is 50.7 Å². The first-order chi connectivity index (χ1) is 9.66. The van der Waals surface area contributed by atoms with Gasteiger partial charge in [-0.25, -0.2) is 8.42 Å². The highest BCUT2D eigenvalue weighted by atomic mass is 79.9. The van der Waals surface area contributed by atoms with Gasteiger partial charge < -0.3 is 4.74 Å². The topological polar surface area (TPSA) is 72.5 Å². The van der Waals surface area contributed by atoms with E-state index in [4.69, 9.17) is 39.5 Å². The molecule has 1 aromatic rings. The Morgan fingerprint density at radius 3 is 2.33 bits per heavy atom. The maximum Gasteiger partial charge on any atom is 0.308 e. The first kappa shape index (κ1) is 19.0. The van der Waals surface area contributed by atoms with Crippen molar-refractivity contribution in [3.8, 4) is 0 Å². The highest BCUT2D eigenvalue weighted by Crippen LogP contribution is 2.32. The molecule has 1 unspecified atom stereocenters. The average Bonchev–Trinajstić information content (AvgIpc) is 2.38. The number of alkyl halides is 4. The molecular formula is C11H11BrCl3NO4S. The van der Waals surface area contributed by atoms with E-state index in [2.05, 4.69) is 20.7 Å². The van der Waals surface area contributed by atoms with Crippen LogP contribution in [-0.4, -0.2) is 29.7 Å². The van der Waals surface area contributed by atoms with E-state index in [1.807, 2.05) is 0 Å². The molecule has 1 aromatic carbocycles. The Balaban J connectivity index is 2.94. The highest BCUT2D eigenvalue weighted by molar-refractivity contribution is 9.09. The van der Waals surface area contributed by atoms with Crippen molar-refractivity contribution < 1.29 is 17.9 Å². The van der Waals surface area contributed by atoms with Crippen LogP contribution in [0, 0.1) is 0 Å². The van der Waals surface area contributed by atoms with Crippen molar-refractivity contribution in [3.63, 3.8) is 0 Å². The number of carbonyl (C=O) groups is 1. The predicted molar refractivity (Wildman–Crippen MR) is 85.3 cm³/mol. The molecule has 0 heterocycles. The summed E-state index contributed by atoms with van der Waals surface area (Å²) in [5.74, 6) is -0.709. The Morgan fingerprint density at radius 2 is 1.86 bits per heavy atom. The Morgan fingerprint density at radius 1 is 1.29 bits per heavy atom. The van der Waals surface area contributed by atoms with Crippen LogP contribution in [0.3, 0.4) is 0 Å². The predicted octanol–water partition coefficient (Wildman–Crippen LogP) is 2.99. The number of rotatable bonds is 6. The van der Waals surface area contributed by atoms with Gasteiger partial charge in [0.2, 0.25) is 20.0 Å². The maximum absolute atomic E-state index is 12.1. The van der Waals surface area contributed by atoms with Crippen molar-refractivity contribution >= 4 is 66.7 Å². The Hall–Kier alpha value is -0.0500.